The molecule has 7 rings (SSSR count). The Labute approximate surface area is 326 Å². The van der Waals surface area contributed by atoms with Crippen molar-refractivity contribution in [2.75, 3.05) is 71.9 Å². The summed E-state index contributed by atoms with van der Waals surface area (Å²) in [7, 11) is 3.24. The van der Waals surface area contributed by atoms with Crippen LogP contribution >= 0.6 is 0 Å². The van der Waals surface area contributed by atoms with Gasteiger partial charge >= 0.3 is 0 Å². The maximum absolute atomic E-state index is 6.27. The van der Waals surface area contributed by atoms with Crippen molar-refractivity contribution < 1.29 is 14.2 Å². The number of hydrogen-bond donors (Lipinski definition) is 4. The Hall–Kier alpha value is -6.90. The van der Waals surface area contributed by atoms with E-state index in [4.69, 9.17) is 34.9 Å². The summed E-state index contributed by atoms with van der Waals surface area (Å²) in [5.41, 5.74) is 9.35. The lowest BCUT2D eigenvalue weighted by atomic mass is 10.0. The Bertz CT molecular complexity index is 2180. The van der Waals surface area contributed by atoms with Crippen LogP contribution < -0.4 is 45.7 Å². The number of hydrogen-bond acceptors (Lipinski definition) is 15. The Morgan fingerprint density at radius 1 is 0.661 bits per heavy atom. The zero-order valence-corrected chi connectivity index (χ0v) is 31.7. The van der Waals surface area contributed by atoms with E-state index in [1.807, 2.05) is 85.8 Å². The van der Waals surface area contributed by atoms with E-state index in [9.17, 15) is 0 Å². The van der Waals surface area contributed by atoms with Gasteiger partial charge in [-0.1, -0.05) is 54.6 Å². The van der Waals surface area contributed by atoms with Gasteiger partial charge in [0.1, 0.15) is 11.5 Å². The number of nitrogens with two attached hydrogens (primary N) is 1. The van der Waals surface area contributed by atoms with Crippen LogP contribution in [0.15, 0.2) is 103 Å². The van der Waals surface area contributed by atoms with Crippen molar-refractivity contribution in [3.63, 3.8) is 0 Å². The molecular weight excluding hydrogens is 709 g/mol. The van der Waals surface area contributed by atoms with Gasteiger partial charge in [0, 0.05) is 38.4 Å². The van der Waals surface area contributed by atoms with Gasteiger partial charge in [0.15, 0.2) is 17.3 Å². The fraction of sp³-hybridized carbons (Fsp3) is 0.268. The van der Waals surface area contributed by atoms with Crippen LogP contribution in [0, 0.1) is 0 Å². The molecule has 0 amide bonds. The molecule has 1 aliphatic heterocycles. The Kier molecular flexibility index (Phi) is 12.0. The number of nitrogens with zero attached hydrogens (tertiary/aromatic N) is 8. The molecule has 0 spiro atoms. The minimum absolute atomic E-state index is 0.0297. The number of benzene rings is 4. The number of aromatic nitrogens is 6. The number of nitrogens with one attached hydrogen (secondary N) is 3. The lowest BCUT2D eigenvalue weighted by Crippen LogP contribution is -2.55. The van der Waals surface area contributed by atoms with E-state index in [0.717, 1.165) is 29.2 Å². The first-order valence-corrected chi connectivity index (χ1v) is 18.5. The maximum Gasteiger partial charge on any atom is 0.232 e. The van der Waals surface area contributed by atoms with Crippen LogP contribution in [0.4, 0.5) is 35.4 Å². The SMILES string of the molecule is CCNc1nc(NCc2ccc(OC)c(OC)c2)nc(N2CCN(c3nc(N)nc(CNc4ccc(Oc5ccccc5)cc4)n3)CC2Cc2ccccc2)n1. The molecule has 1 fully saturated rings. The summed E-state index contributed by atoms with van der Waals surface area (Å²) in [5.74, 6) is 5.61. The van der Waals surface area contributed by atoms with E-state index < -0.39 is 0 Å². The highest BCUT2D eigenvalue weighted by atomic mass is 16.5. The number of ether oxygens (including phenoxy) is 3. The molecule has 15 heteroatoms. The van der Waals surface area contributed by atoms with Crippen LogP contribution in [0.25, 0.3) is 0 Å². The Morgan fingerprint density at radius 2 is 1.38 bits per heavy atom. The van der Waals surface area contributed by atoms with Gasteiger partial charge in [0.25, 0.3) is 0 Å². The molecule has 1 unspecified atom stereocenters. The van der Waals surface area contributed by atoms with Gasteiger partial charge in [0.2, 0.25) is 29.7 Å². The van der Waals surface area contributed by atoms with Crippen molar-refractivity contribution in [1.82, 2.24) is 29.9 Å². The van der Waals surface area contributed by atoms with E-state index in [2.05, 4.69) is 65.0 Å². The molecule has 4 aromatic carbocycles. The van der Waals surface area contributed by atoms with Gasteiger partial charge in [-0.15, -0.1) is 0 Å². The topological polar surface area (TPSA) is 174 Å². The fourth-order valence-corrected chi connectivity index (χ4v) is 6.43. The highest BCUT2D eigenvalue weighted by molar-refractivity contribution is 5.50. The second-order valence-electron chi connectivity index (χ2n) is 13.0. The number of methoxy groups -OCH3 is 2. The predicted octanol–water partition coefficient (Wildman–Crippen LogP) is 6.04. The molecule has 6 aromatic rings. The molecule has 2 aromatic heterocycles. The monoisotopic (exact) mass is 754 g/mol. The van der Waals surface area contributed by atoms with Gasteiger partial charge < -0.3 is 45.7 Å². The number of piperazine rings is 1. The van der Waals surface area contributed by atoms with Crippen LogP contribution in [0.5, 0.6) is 23.0 Å². The molecule has 1 atom stereocenters. The van der Waals surface area contributed by atoms with E-state index in [1.54, 1.807) is 14.2 Å². The first-order valence-electron chi connectivity index (χ1n) is 18.5. The van der Waals surface area contributed by atoms with E-state index in [1.165, 1.54) is 5.56 Å². The number of para-hydroxylation sites is 1. The predicted molar refractivity (Wildman–Crippen MR) is 219 cm³/mol. The van der Waals surface area contributed by atoms with Crippen molar-refractivity contribution in [3.8, 4) is 23.0 Å². The van der Waals surface area contributed by atoms with Crippen molar-refractivity contribution >= 4 is 35.4 Å². The molecule has 1 aliphatic rings. The lowest BCUT2D eigenvalue weighted by Gasteiger charge is -2.41. The molecule has 0 bridgehead atoms. The third kappa shape index (κ3) is 9.60. The molecule has 0 aliphatic carbocycles. The first-order chi connectivity index (χ1) is 27.5. The van der Waals surface area contributed by atoms with E-state index >= 15 is 0 Å². The zero-order chi connectivity index (χ0) is 38.7. The summed E-state index contributed by atoms with van der Waals surface area (Å²) in [6.07, 6.45) is 0.743. The van der Waals surface area contributed by atoms with Gasteiger partial charge in [-0.05, 0) is 73.0 Å². The maximum atomic E-state index is 6.27. The summed E-state index contributed by atoms with van der Waals surface area (Å²) in [4.78, 5) is 32.7. The largest absolute Gasteiger partial charge is 0.493 e. The van der Waals surface area contributed by atoms with Crippen LogP contribution in [0.2, 0.25) is 0 Å². The molecular formula is C41H46N12O3. The van der Waals surface area contributed by atoms with Crippen LogP contribution in [0.1, 0.15) is 23.9 Å². The molecule has 3 heterocycles. The smallest absolute Gasteiger partial charge is 0.232 e. The zero-order valence-electron chi connectivity index (χ0n) is 31.7. The molecule has 0 radical (unpaired) electrons. The number of rotatable bonds is 16. The average Bonchev–Trinajstić information content (AvgIpc) is 3.23. The standard InChI is InChI=1S/C41H46N12O3/c1-4-43-38-49-39(45-25-29-15-20-34(54-2)35(24-29)55-3)51-41(50-38)53-22-21-52(27-31(53)23-28-11-7-5-8-12-28)40-47-36(46-37(42)48-40)26-44-30-16-18-33(19-17-30)56-32-13-9-6-10-14-32/h5-20,24,31,44H,4,21-23,25-27H2,1-3H3,(H2,42,46,47,48)(H2,43,45,49,50,51). The van der Waals surface area contributed by atoms with Crippen molar-refractivity contribution in [2.24, 2.45) is 0 Å². The van der Waals surface area contributed by atoms with Gasteiger partial charge in [-0.25, -0.2) is 0 Å². The number of anilines is 6. The van der Waals surface area contributed by atoms with Crippen molar-refractivity contribution in [2.45, 2.75) is 32.5 Å². The molecule has 15 nitrogen and oxygen atoms in total. The normalized spacial score (nSPS) is 13.9. The van der Waals surface area contributed by atoms with Crippen LogP contribution in [-0.2, 0) is 19.5 Å². The van der Waals surface area contributed by atoms with Gasteiger partial charge in [-0.2, -0.15) is 29.9 Å². The highest BCUT2D eigenvalue weighted by Crippen LogP contribution is 2.29. The third-order valence-corrected chi connectivity index (χ3v) is 9.16. The quantitative estimate of drug-likeness (QED) is 0.0900. The Morgan fingerprint density at radius 3 is 2.11 bits per heavy atom. The minimum Gasteiger partial charge on any atom is -0.493 e. The summed E-state index contributed by atoms with van der Waals surface area (Å²) >= 11 is 0. The van der Waals surface area contributed by atoms with E-state index in [0.29, 0.717) is 80.4 Å². The van der Waals surface area contributed by atoms with Crippen molar-refractivity contribution in [1.29, 1.82) is 0 Å². The number of nitrogen functional groups attached to an aromatic ring is 1. The minimum atomic E-state index is -0.0297. The first kappa shape index (κ1) is 37.4. The van der Waals surface area contributed by atoms with Crippen LogP contribution in [0.3, 0.4) is 0 Å². The van der Waals surface area contributed by atoms with E-state index in [-0.39, 0.29) is 12.0 Å². The van der Waals surface area contributed by atoms with Crippen molar-refractivity contribution in [3.05, 3.63) is 120 Å². The summed E-state index contributed by atoms with van der Waals surface area (Å²) in [6, 6.07) is 33.6. The van der Waals surface area contributed by atoms with Crippen LogP contribution in [-0.4, -0.2) is 76.3 Å². The molecule has 288 valence electrons. The molecule has 5 N–H and O–H groups in total. The van der Waals surface area contributed by atoms with Gasteiger partial charge in [-0.3, -0.25) is 0 Å². The third-order valence-electron chi connectivity index (χ3n) is 9.16. The Balaban J connectivity index is 1.08. The average molecular weight is 755 g/mol. The molecule has 56 heavy (non-hydrogen) atoms. The fourth-order valence-electron chi connectivity index (χ4n) is 6.43. The molecule has 1 saturated heterocycles. The summed E-state index contributed by atoms with van der Waals surface area (Å²) < 4.78 is 16.8. The second kappa shape index (κ2) is 18.0. The highest BCUT2D eigenvalue weighted by Gasteiger charge is 2.31. The molecule has 0 saturated carbocycles. The summed E-state index contributed by atoms with van der Waals surface area (Å²) in [5, 5.41) is 10.1. The second-order valence-corrected chi connectivity index (χ2v) is 13.0. The summed E-state index contributed by atoms with van der Waals surface area (Å²) in [6.45, 7) is 5.33. The van der Waals surface area contributed by atoms with Gasteiger partial charge in [0.05, 0.1) is 26.8 Å². The lowest BCUT2D eigenvalue weighted by molar-refractivity contribution is 0.354.